The number of methoxy groups -OCH3 is 3. The summed E-state index contributed by atoms with van der Waals surface area (Å²) in [6, 6.07) is 8.57. The maximum Gasteiger partial charge on any atom is 0.330 e. The highest BCUT2D eigenvalue weighted by molar-refractivity contribution is 5.89. The molecule has 15 unspecified atom stereocenters. The van der Waals surface area contributed by atoms with Crippen LogP contribution < -0.4 is 29.1 Å². The van der Waals surface area contributed by atoms with E-state index in [-0.39, 0.29) is 45.6 Å². The van der Waals surface area contributed by atoms with Crippen molar-refractivity contribution >= 4 is 23.0 Å². The van der Waals surface area contributed by atoms with E-state index in [9.17, 15) is 65.8 Å². The van der Waals surface area contributed by atoms with E-state index >= 15 is 0 Å². The van der Waals surface area contributed by atoms with Crippen LogP contribution in [0.2, 0.25) is 0 Å². The number of aliphatic hydroxyl groups is 8. The highest BCUT2D eigenvalue weighted by Crippen LogP contribution is 2.42. The molecule has 0 amide bonds. The molecule has 3 aromatic carbocycles. The minimum Gasteiger partial charge on any atom is -0.507 e. The zero-order valence-corrected chi connectivity index (χ0v) is 37.3. The van der Waals surface area contributed by atoms with Crippen molar-refractivity contribution in [2.45, 2.75) is 106 Å². The van der Waals surface area contributed by atoms with Crippen LogP contribution in [0.5, 0.6) is 46.0 Å². The lowest BCUT2D eigenvalue weighted by atomic mass is 9.97. The third-order valence-electron chi connectivity index (χ3n) is 11.7. The second-order valence-corrected chi connectivity index (χ2v) is 16.3. The van der Waals surface area contributed by atoms with E-state index in [1.165, 1.54) is 71.6 Å². The van der Waals surface area contributed by atoms with Crippen molar-refractivity contribution < 1.29 is 113 Å². The number of hydrogen-bond donors (Lipinski definition) is 11. The molecule has 0 aliphatic carbocycles. The molecule has 4 heterocycles. The van der Waals surface area contributed by atoms with Crippen molar-refractivity contribution in [3.05, 3.63) is 64.3 Å². The smallest absolute Gasteiger partial charge is 0.330 e. The molecule has 0 bridgehead atoms. The second-order valence-electron chi connectivity index (χ2n) is 16.3. The van der Waals surface area contributed by atoms with Crippen molar-refractivity contribution in [2.24, 2.45) is 0 Å². The largest absolute Gasteiger partial charge is 0.507 e. The molecule has 0 spiro atoms. The molecule has 1 aromatic heterocycles. The summed E-state index contributed by atoms with van der Waals surface area (Å²) in [5.74, 6) is -3.93. The summed E-state index contributed by atoms with van der Waals surface area (Å²) < 4.78 is 62.0. The van der Waals surface area contributed by atoms with Crippen molar-refractivity contribution in [1.29, 1.82) is 0 Å². The van der Waals surface area contributed by atoms with Crippen molar-refractivity contribution in [1.82, 2.24) is 0 Å². The third kappa shape index (κ3) is 10.3. The van der Waals surface area contributed by atoms with E-state index in [1.807, 2.05) is 0 Å². The van der Waals surface area contributed by atoms with Gasteiger partial charge in [0.2, 0.25) is 29.5 Å². The summed E-state index contributed by atoms with van der Waals surface area (Å²) in [7, 11) is 3.85. The molecule has 0 saturated carbocycles. The third-order valence-corrected chi connectivity index (χ3v) is 11.7. The minimum atomic E-state index is -2.09. The van der Waals surface area contributed by atoms with Crippen LogP contribution in [0.1, 0.15) is 19.4 Å². The molecule has 24 nitrogen and oxygen atoms in total. The van der Waals surface area contributed by atoms with Crippen LogP contribution in [0.4, 0.5) is 0 Å². The lowest BCUT2D eigenvalue weighted by molar-refractivity contribution is -0.354. The van der Waals surface area contributed by atoms with E-state index < -0.39 is 133 Å². The first-order chi connectivity index (χ1) is 32.8. The van der Waals surface area contributed by atoms with Crippen LogP contribution in [0.25, 0.3) is 28.4 Å². The molecule has 3 aliphatic heterocycles. The van der Waals surface area contributed by atoms with Gasteiger partial charge < -0.3 is 108 Å². The standard InChI is InChI=1S/C45H52O24/c1-16-30(49)35(54)38(57)43(63-16)65-20-13-22(47)29-24(14-20)66-40(19-7-8-21(46)23(12-19)59-3)41(34(29)53)68-45-42(69-44-39(58)36(55)31(50)17(2)64-44)37(56)33(52)27(67-45)15-62-28(48)9-6-18-10-25(60-4)32(51)26(11-18)61-5/h6-14,16-17,27,30-31,33,35-39,42-47,49-52,54-58H,15H2,1-5H3/b9-6+. The van der Waals surface area contributed by atoms with Crippen LogP contribution in [-0.2, 0) is 28.5 Å². The maximum absolute atomic E-state index is 14.7. The topological polar surface area (TPSA) is 362 Å². The monoisotopic (exact) mass is 976 g/mol. The number of carbonyl (C=O) groups excluding carboxylic acids is 1. The van der Waals surface area contributed by atoms with Gasteiger partial charge in [0.05, 0.1) is 33.5 Å². The Labute approximate surface area is 390 Å². The predicted octanol–water partition coefficient (Wildman–Crippen LogP) is -0.896. The Morgan fingerprint density at radius 1 is 0.652 bits per heavy atom. The molecule has 3 fully saturated rings. The SMILES string of the molecule is COc1cc(-c2oc3cc(OC4OC(C)C(O)C(O)C4O)cc(O)c3c(=O)c2OC2OC(COC(=O)/C=C/c3cc(OC)c(O)c(OC)c3)C(O)C(O)C2OC2OC(C)C(O)C(O)C2O)ccc1O. The van der Waals surface area contributed by atoms with Crippen LogP contribution >= 0.6 is 0 Å². The van der Waals surface area contributed by atoms with Crippen LogP contribution in [-0.4, -0.2) is 182 Å². The average Bonchev–Trinajstić information content (AvgIpc) is 3.32. The number of rotatable bonds is 14. The van der Waals surface area contributed by atoms with Crippen molar-refractivity contribution in [3.8, 4) is 57.3 Å². The first-order valence-electron chi connectivity index (χ1n) is 21.2. The predicted molar refractivity (Wildman–Crippen MR) is 231 cm³/mol. The Morgan fingerprint density at radius 3 is 1.88 bits per heavy atom. The second kappa shape index (κ2) is 20.9. The average molecular weight is 977 g/mol. The Morgan fingerprint density at radius 2 is 1.26 bits per heavy atom. The number of carbonyl (C=O) groups is 1. The Hall–Kier alpha value is -6.00. The van der Waals surface area contributed by atoms with Crippen molar-refractivity contribution in [3.63, 3.8) is 0 Å². The fraction of sp³-hybridized carbons (Fsp3) is 0.467. The Balaban J connectivity index is 1.26. The zero-order chi connectivity index (χ0) is 50.2. The van der Waals surface area contributed by atoms with Gasteiger partial charge in [0.25, 0.3) is 0 Å². The summed E-state index contributed by atoms with van der Waals surface area (Å²) in [5.41, 5.74) is -1.18. The molecule has 69 heavy (non-hydrogen) atoms. The number of ether oxygens (including phenoxy) is 10. The van der Waals surface area contributed by atoms with Gasteiger partial charge in [-0.2, -0.15) is 0 Å². The number of esters is 1. The fourth-order valence-corrected chi connectivity index (χ4v) is 7.75. The molecule has 4 aromatic rings. The van der Waals surface area contributed by atoms with Gasteiger partial charge in [0.15, 0.2) is 41.2 Å². The normalized spacial score (nSPS) is 31.6. The van der Waals surface area contributed by atoms with E-state index in [0.29, 0.717) is 5.56 Å². The first-order valence-corrected chi connectivity index (χ1v) is 21.2. The van der Waals surface area contributed by atoms with Gasteiger partial charge in [-0.05, 0) is 55.8 Å². The van der Waals surface area contributed by atoms with Gasteiger partial charge in [-0.3, -0.25) is 4.79 Å². The lowest BCUT2D eigenvalue weighted by Gasteiger charge is -2.45. The molecule has 0 radical (unpaired) electrons. The van der Waals surface area contributed by atoms with E-state index in [4.69, 9.17) is 51.8 Å². The summed E-state index contributed by atoms with van der Waals surface area (Å²) >= 11 is 0. The van der Waals surface area contributed by atoms with Gasteiger partial charge in [0, 0.05) is 23.8 Å². The number of aromatic hydroxyl groups is 3. The van der Waals surface area contributed by atoms with Gasteiger partial charge in [-0.1, -0.05) is 0 Å². The quantitative estimate of drug-likeness (QED) is 0.0539. The number of phenolic OH excluding ortho intramolecular Hbond substituents is 3. The number of aliphatic hydroxyl groups excluding tert-OH is 8. The number of fused-ring (bicyclic) bond motifs is 1. The molecular formula is C45H52O24. The first kappa shape index (κ1) is 50.9. The molecule has 24 heteroatoms. The number of phenols is 3. The molecule has 15 atom stereocenters. The van der Waals surface area contributed by atoms with E-state index in [1.54, 1.807) is 0 Å². The minimum absolute atomic E-state index is 0.0200. The molecular weight excluding hydrogens is 924 g/mol. The summed E-state index contributed by atoms with van der Waals surface area (Å²) in [6.07, 6.45) is -23.3. The molecule has 7 rings (SSSR count). The molecule has 376 valence electrons. The summed E-state index contributed by atoms with van der Waals surface area (Å²) in [6.45, 7) is 1.98. The van der Waals surface area contributed by atoms with Gasteiger partial charge in [-0.25, -0.2) is 4.79 Å². The Kier molecular flexibility index (Phi) is 15.4. The molecule has 11 N–H and O–H groups in total. The lowest BCUT2D eigenvalue weighted by Crippen LogP contribution is -2.64. The fourth-order valence-electron chi connectivity index (χ4n) is 7.75. The van der Waals surface area contributed by atoms with Crippen LogP contribution in [0.15, 0.2) is 57.8 Å². The Bertz CT molecular complexity index is 2540. The van der Waals surface area contributed by atoms with Gasteiger partial charge >= 0.3 is 5.97 Å². The highest BCUT2D eigenvalue weighted by Gasteiger charge is 2.52. The van der Waals surface area contributed by atoms with E-state index in [2.05, 4.69) is 0 Å². The van der Waals surface area contributed by atoms with Gasteiger partial charge in [-0.15, -0.1) is 0 Å². The van der Waals surface area contributed by atoms with Crippen molar-refractivity contribution in [2.75, 3.05) is 27.9 Å². The summed E-state index contributed by atoms with van der Waals surface area (Å²) in [4.78, 5) is 27.7. The van der Waals surface area contributed by atoms with E-state index in [0.717, 1.165) is 18.2 Å². The van der Waals surface area contributed by atoms with Crippen LogP contribution in [0, 0.1) is 0 Å². The van der Waals surface area contributed by atoms with Gasteiger partial charge in [0.1, 0.15) is 84.0 Å². The molecule has 3 saturated heterocycles. The summed E-state index contributed by atoms with van der Waals surface area (Å²) in [5, 5.41) is 117. The zero-order valence-electron chi connectivity index (χ0n) is 37.3. The van der Waals surface area contributed by atoms with Crippen LogP contribution in [0.3, 0.4) is 0 Å². The molecule has 3 aliphatic rings. The maximum atomic E-state index is 14.7. The highest BCUT2D eigenvalue weighted by atomic mass is 16.8. The number of hydrogen-bond acceptors (Lipinski definition) is 24. The number of benzene rings is 3.